The summed E-state index contributed by atoms with van der Waals surface area (Å²) < 4.78 is 55.8. The maximum absolute atomic E-state index is 14.5. The number of alkyl halides is 4. The first-order valence-corrected chi connectivity index (χ1v) is 10.6. The van der Waals surface area contributed by atoms with Crippen molar-refractivity contribution in [2.24, 2.45) is 4.99 Å². The standard InChI is InChI=1S/C20H22F4N6S/c1-25-9-18-27-28-19(31-18)17-8-12-14(26-15-6-7-29(2)10-13(15)21)4-3-5-16(12)30(17)11-20(22,23)24/h3-5,8,13,25H,6-7,9-11H2,1-2H3/t13-/m0/s1. The maximum Gasteiger partial charge on any atom is 0.406 e. The third kappa shape index (κ3) is 4.78. The lowest BCUT2D eigenvalue weighted by atomic mass is 10.1. The molecule has 11 heteroatoms. The van der Waals surface area contributed by atoms with Crippen LogP contribution in [0.15, 0.2) is 29.3 Å². The zero-order chi connectivity index (χ0) is 22.2. The SMILES string of the molecule is CNCc1nnc(-c2cc3c(N=C4CCN(C)C[C@@H]4F)cccc3n2CC(F)(F)F)s1. The molecule has 3 heterocycles. The molecule has 6 nitrogen and oxygen atoms in total. The van der Waals surface area contributed by atoms with Gasteiger partial charge in [-0.3, -0.25) is 4.99 Å². The van der Waals surface area contributed by atoms with Gasteiger partial charge in [0.1, 0.15) is 11.6 Å². The van der Waals surface area contributed by atoms with Gasteiger partial charge in [0.05, 0.1) is 22.6 Å². The number of aromatic nitrogens is 3. The van der Waals surface area contributed by atoms with Gasteiger partial charge in [-0.15, -0.1) is 10.2 Å². The van der Waals surface area contributed by atoms with Crippen LogP contribution in [-0.4, -0.2) is 64.9 Å². The molecule has 31 heavy (non-hydrogen) atoms. The molecule has 0 amide bonds. The van der Waals surface area contributed by atoms with Gasteiger partial charge in [0.2, 0.25) is 0 Å². The van der Waals surface area contributed by atoms with E-state index in [0.29, 0.717) is 57.5 Å². The summed E-state index contributed by atoms with van der Waals surface area (Å²) >= 11 is 1.23. The van der Waals surface area contributed by atoms with Crippen LogP contribution in [0.4, 0.5) is 23.2 Å². The molecular weight excluding hydrogens is 432 g/mol. The van der Waals surface area contributed by atoms with Crippen molar-refractivity contribution in [1.29, 1.82) is 0 Å². The highest BCUT2D eigenvalue weighted by Crippen LogP contribution is 2.37. The van der Waals surface area contributed by atoms with E-state index in [-0.39, 0.29) is 6.54 Å². The normalized spacial score (nSPS) is 19.5. The van der Waals surface area contributed by atoms with Crippen molar-refractivity contribution < 1.29 is 17.6 Å². The molecule has 0 saturated carbocycles. The lowest BCUT2D eigenvalue weighted by molar-refractivity contribution is -0.139. The first-order valence-electron chi connectivity index (χ1n) is 9.81. The molecule has 0 bridgehead atoms. The Morgan fingerprint density at radius 1 is 1.29 bits per heavy atom. The summed E-state index contributed by atoms with van der Waals surface area (Å²) in [6, 6.07) is 6.61. The predicted molar refractivity (Wildman–Crippen MR) is 114 cm³/mol. The minimum atomic E-state index is -4.42. The van der Waals surface area contributed by atoms with E-state index in [1.807, 2.05) is 11.9 Å². The first kappa shape index (κ1) is 21.8. The zero-order valence-electron chi connectivity index (χ0n) is 17.1. The predicted octanol–water partition coefficient (Wildman–Crippen LogP) is 4.19. The monoisotopic (exact) mass is 454 g/mol. The number of rotatable bonds is 5. The highest BCUT2D eigenvalue weighted by molar-refractivity contribution is 7.14. The first-order chi connectivity index (χ1) is 14.7. The third-order valence-electron chi connectivity index (χ3n) is 5.12. The zero-order valence-corrected chi connectivity index (χ0v) is 17.9. The van der Waals surface area contributed by atoms with Gasteiger partial charge < -0.3 is 14.8 Å². The smallest absolute Gasteiger partial charge is 0.329 e. The lowest BCUT2D eigenvalue weighted by Crippen LogP contribution is -2.39. The Morgan fingerprint density at radius 2 is 2.10 bits per heavy atom. The number of piperidine rings is 1. The van der Waals surface area contributed by atoms with Gasteiger partial charge in [-0.2, -0.15) is 13.2 Å². The van der Waals surface area contributed by atoms with Crippen molar-refractivity contribution in [3.63, 3.8) is 0 Å². The second-order valence-corrected chi connectivity index (χ2v) is 8.62. The van der Waals surface area contributed by atoms with Crippen LogP contribution in [0.5, 0.6) is 0 Å². The van der Waals surface area contributed by atoms with E-state index >= 15 is 0 Å². The van der Waals surface area contributed by atoms with Gasteiger partial charge in [-0.25, -0.2) is 4.39 Å². The Balaban J connectivity index is 1.83. The Kier molecular flexibility index (Phi) is 6.09. The molecular formula is C20H22F4N6S. The van der Waals surface area contributed by atoms with E-state index in [4.69, 9.17) is 0 Å². The summed E-state index contributed by atoms with van der Waals surface area (Å²) in [5.41, 5.74) is 1.58. The third-order valence-corrected chi connectivity index (χ3v) is 6.07. The van der Waals surface area contributed by atoms with Gasteiger partial charge >= 0.3 is 6.18 Å². The highest BCUT2D eigenvalue weighted by atomic mass is 32.1. The van der Waals surface area contributed by atoms with E-state index in [1.54, 1.807) is 31.3 Å². The lowest BCUT2D eigenvalue weighted by Gasteiger charge is -2.26. The minimum Gasteiger partial charge on any atom is -0.329 e. The molecule has 4 rings (SSSR count). The molecule has 1 aliphatic heterocycles. The molecule has 166 valence electrons. The fraction of sp³-hybridized carbons (Fsp3) is 0.450. The van der Waals surface area contributed by atoms with Gasteiger partial charge in [-0.1, -0.05) is 17.4 Å². The number of nitrogens with one attached hydrogen (secondary N) is 1. The molecule has 1 saturated heterocycles. The fourth-order valence-electron chi connectivity index (χ4n) is 3.69. The number of halogens is 4. The van der Waals surface area contributed by atoms with Crippen LogP contribution in [0.2, 0.25) is 0 Å². The number of nitrogens with zero attached hydrogens (tertiary/aromatic N) is 5. The van der Waals surface area contributed by atoms with Gasteiger partial charge in [0.25, 0.3) is 0 Å². The number of aliphatic imine (C=N–C) groups is 1. The van der Waals surface area contributed by atoms with Crippen molar-refractivity contribution in [2.45, 2.75) is 31.9 Å². The Morgan fingerprint density at radius 3 is 2.81 bits per heavy atom. The van der Waals surface area contributed by atoms with Gasteiger partial charge in [0, 0.05) is 31.4 Å². The van der Waals surface area contributed by atoms with E-state index in [1.165, 1.54) is 15.9 Å². The Labute approximate surface area is 180 Å². The van der Waals surface area contributed by atoms with Crippen molar-refractivity contribution >= 4 is 33.6 Å². The molecule has 0 aliphatic carbocycles. The average molecular weight is 454 g/mol. The topological polar surface area (TPSA) is 58.3 Å². The number of benzene rings is 1. The quantitative estimate of drug-likeness (QED) is 0.588. The molecule has 1 atom stereocenters. The molecule has 0 spiro atoms. The van der Waals surface area contributed by atoms with Crippen molar-refractivity contribution in [2.75, 3.05) is 27.2 Å². The van der Waals surface area contributed by atoms with Crippen LogP contribution < -0.4 is 5.32 Å². The molecule has 1 aliphatic rings. The van der Waals surface area contributed by atoms with Crippen LogP contribution >= 0.6 is 11.3 Å². The number of hydrogen-bond acceptors (Lipinski definition) is 6. The van der Waals surface area contributed by atoms with Crippen LogP contribution in [0.25, 0.3) is 21.6 Å². The van der Waals surface area contributed by atoms with Crippen molar-refractivity contribution in [1.82, 2.24) is 25.0 Å². The minimum absolute atomic E-state index is 0.258. The molecule has 1 N–H and O–H groups in total. The molecule has 0 unspecified atom stereocenters. The van der Waals surface area contributed by atoms with Crippen LogP contribution in [0.1, 0.15) is 11.4 Å². The van der Waals surface area contributed by atoms with Crippen LogP contribution in [-0.2, 0) is 13.1 Å². The maximum atomic E-state index is 14.5. The van der Waals surface area contributed by atoms with E-state index < -0.39 is 18.9 Å². The summed E-state index contributed by atoms with van der Waals surface area (Å²) in [6.07, 6.45) is -5.13. The molecule has 2 aromatic heterocycles. The van der Waals surface area contributed by atoms with E-state index in [2.05, 4.69) is 20.5 Å². The molecule has 1 aromatic carbocycles. The van der Waals surface area contributed by atoms with Crippen LogP contribution in [0.3, 0.4) is 0 Å². The van der Waals surface area contributed by atoms with Gasteiger partial charge in [0.15, 0.2) is 11.2 Å². The second-order valence-electron chi connectivity index (χ2n) is 7.56. The van der Waals surface area contributed by atoms with E-state index in [9.17, 15) is 17.6 Å². The summed E-state index contributed by atoms with van der Waals surface area (Å²) in [5.74, 6) is 0. The Hall–Kier alpha value is -2.37. The van der Waals surface area contributed by atoms with Crippen molar-refractivity contribution in [3.05, 3.63) is 29.3 Å². The molecule has 3 aromatic rings. The largest absolute Gasteiger partial charge is 0.406 e. The number of likely N-dealkylation sites (tertiary alicyclic amines) is 1. The molecule has 1 fully saturated rings. The summed E-state index contributed by atoms with van der Waals surface area (Å²) in [4.78, 5) is 6.41. The fourth-order valence-corrected chi connectivity index (χ4v) is 4.56. The number of hydrogen-bond donors (Lipinski definition) is 1. The molecule has 0 radical (unpaired) electrons. The number of fused-ring (bicyclic) bond motifs is 1. The van der Waals surface area contributed by atoms with Gasteiger partial charge in [-0.05, 0) is 32.3 Å². The Bertz CT molecular complexity index is 1100. The average Bonchev–Trinajstić information content (AvgIpc) is 3.29. The van der Waals surface area contributed by atoms with Crippen molar-refractivity contribution in [3.8, 4) is 10.7 Å². The van der Waals surface area contributed by atoms with Crippen LogP contribution in [0, 0.1) is 0 Å². The summed E-state index contributed by atoms with van der Waals surface area (Å²) in [7, 11) is 3.60. The second kappa shape index (κ2) is 8.64. The highest BCUT2D eigenvalue weighted by Gasteiger charge is 2.31. The van der Waals surface area contributed by atoms with E-state index in [0.717, 1.165) is 0 Å². The summed E-state index contributed by atoms with van der Waals surface area (Å²) in [5, 5.41) is 12.7. The summed E-state index contributed by atoms with van der Waals surface area (Å²) in [6.45, 7) is 0.258.